The summed E-state index contributed by atoms with van der Waals surface area (Å²) in [7, 11) is 0. The fourth-order valence-corrected chi connectivity index (χ4v) is 5.05. The summed E-state index contributed by atoms with van der Waals surface area (Å²) in [4.78, 5) is 38.1. The van der Waals surface area contributed by atoms with E-state index in [2.05, 4.69) is 18.1 Å². The molecule has 29 heavy (non-hydrogen) atoms. The normalized spacial score (nSPS) is 26.8. The van der Waals surface area contributed by atoms with Gasteiger partial charge < -0.3 is 4.74 Å². The molecule has 158 valence electrons. The van der Waals surface area contributed by atoms with Crippen LogP contribution >= 0.6 is 0 Å². The fraction of sp³-hybridized carbons (Fsp3) is 0.708. The van der Waals surface area contributed by atoms with E-state index < -0.39 is 0 Å². The third kappa shape index (κ3) is 5.29. The van der Waals surface area contributed by atoms with Gasteiger partial charge >= 0.3 is 5.97 Å². The Kier molecular flexibility index (Phi) is 7.91. The standard InChI is InChI=1S/C24H33NO4/c1-2-3-12-20(26)29-16-11-9-7-5-4-6-8-10-15-25-23(27)21-18-13-14-19(17-18)22(21)24(25)28/h1,13-14,18-19,21-22H,3-12,15-17H2/t18-,19+,21+,22-. The molecule has 2 aliphatic carbocycles. The monoisotopic (exact) mass is 399 g/mol. The molecule has 2 bridgehead atoms. The zero-order valence-corrected chi connectivity index (χ0v) is 17.3. The number of unbranched alkanes of at least 4 members (excludes halogenated alkanes) is 7. The molecule has 3 aliphatic rings. The molecule has 0 aromatic rings. The number of fused-ring (bicyclic) bond motifs is 5. The molecule has 2 fully saturated rings. The van der Waals surface area contributed by atoms with Crippen molar-refractivity contribution in [3.8, 4) is 12.3 Å². The third-order valence-electron chi connectivity index (χ3n) is 6.57. The largest absolute Gasteiger partial charge is 0.466 e. The van der Waals surface area contributed by atoms with Crippen molar-refractivity contribution >= 4 is 17.8 Å². The van der Waals surface area contributed by atoms with Crippen LogP contribution < -0.4 is 0 Å². The molecular weight excluding hydrogens is 366 g/mol. The Morgan fingerprint density at radius 2 is 1.52 bits per heavy atom. The van der Waals surface area contributed by atoms with Crippen molar-refractivity contribution in [1.82, 2.24) is 4.90 Å². The summed E-state index contributed by atoms with van der Waals surface area (Å²) >= 11 is 0. The van der Waals surface area contributed by atoms with Crippen molar-refractivity contribution < 1.29 is 19.1 Å². The van der Waals surface area contributed by atoms with E-state index in [-0.39, 0.29) is 29.6 Å². The van der Waals surface area contributed by atoms with Gasteiger partial charge in [-0.05, 0) is 31.1 Å². The highest BCUT2D eigenvalue weighted by atomic mass is 16.5. The van der Waals surface area contributed by atoms with E-state index in [1.54, 1.807) is 4.90 Å². The second kappa shape index (κ2) is 10.6. The number of esters is 1. The summed E-state index contributed by atoms with van der Waals surface area (Å²) in [6.07, 6.45) is 19.7. The van der Waals surface area contributed by atoms with Gasteiger partial charge in [0.25, 0.3) is 0 Å². The van der Waals surface area contributed by atoms with Crippen LogP contribution in [0, 0.1) is 36.0 Å². The average Bonchev–Trinajstić information content (AvgIpc) is 3.39. The Hall–Kier alpha value is -2.09. The summed E-state index contributed by atoms with van der Waals surface area (Å²) in [6.45, 7) is 1.08. The predicted molar refractivity (Wildman–Crippen MR) is 110 cm³/mol. The van der Waals surface area contributed by atoms with Crippen molar-refractivity contribution in [2.45, 2.75) is 70.6 Å². The molecule has 2 amide bonds. The first kappa shape index (κ1) is 21.6. The smallest absolute Gasteiger partial charge is 0.306 e. The maximum Gasteiger partial charge on any atom is 0.306 e. The first-order chi connectivity index (χ1) is 14.1. The van der Waals surface area contributed by atoms with Gasteiger partial charge in [-0.25, -0.2) is 0 Å². The van der Waals surface area contributed by atoms with Gasteiger partial charge in [0.1, 0.15) is 0 Å². The molecule has 0 unspecified atom stereocenters. The summed E-state index contributed by atoms with van der Waals surface area (Å²) in [5.74, 6) is 2.88. The Balaban J connectivity index is 1.16. The minimum atomic E-state index is -0.203. The molecule has 0 radical (unpaired) electrons. The van der Waals surface area contributed by atoms with E-state index in [4.69, 9.17) is 11.2 Å². The number of rotatable bonds is 13. The molecule has 1 saturated carbocycles. The zero-order chi connectivity index (χ0) is 20.6. The molecule has 1 heterocycles. The maximum absolute atomic E-state index is 12.6. The highest BCUT2D eigenvalue weighted by Crippen LogP contribution is 2.52. The summed E-state index contributed by atoms with van der Waals surface area (Å²) in [5.41, 5.74) is 0. The van der Waals surface area contributed by atoms with Crippen LogP contribution in [0.3, 0.4) is 0 Å². The van der Waals surface area contributed by atoms with Crippen molar-refractivity contribution in [2.75, 3.05) is 13.2 Å². The number of terminal acetylenes is 1. The first-order valence-corrected chi connectivity index (χ1v) is 11.3. The van der Waals surface area contributed by atoms with Gasteiger partial charge in [-0.3, -0.25) is 19.3 Å². The van der Waals surface area contributed by atoms with Crippen LogP contribution in [-0.4, -0.2) is 35.8 Å². The number of hydrogen-bond donors (Lipinski definition) is 0. The maximum atomic E-state index is 12.6. The number of carbonyl (C=O) groups excluding carboxylic acids is 3. The van der Waals surface area contributed by atoms with Crippen molar-refractivity contribution in [3.63, 3.8) is 0 Å². The molecule has 5 nitrogen and oxygen atoms in total. The van der Waals surface area contributed by atoms with E-state index in [1.165, 1.54) is 12.8 Å². The summed E-state index contributed by atoms with van der Waals surface area (Å²) in [5, 5.41) is 0. The molecule has 1 saturated heterocycles. The molecule has 5 heteroatoms. The molecule has 3 rings (SSSR count). The highest BCUT2D eigenvalue weighted by molar-refractivity contribution is 6.06. The molecule has 0 spiro atoms. The Labute approximate surface area is 174 Å². The fourth-order valence-electron chi connectivity index (χ4n) is 5.05. The molecule has 0 aromatic heterocycles. The lowest BCUT2D eigenvalue weighted by Crippen LogP contribution is -2.33. The number of imide groups is 1. The zero-order valence-electron chi connectivity index (χ0n) is 17.3. The Morgan fingerprint density at radius 3 is 2.10 bits per heavy atom. The van der Waals surface area contributed by atoms with E-state index >= 15 is 0 Å². The molecule has 0 N–H and O–H groups in total. The van der Waals surface area contributed by atoms with Gasteiger partial charge in [-0.15, -0.1) is 12.3 Å². The van der Waals surface area contributed by atoms with Gasteiger partial charge in [0.2, 0.25) is 11.8 Å². The van der Waals surface area contributed by atoms with Crippen LogP contribution in [0.5, 0.6) is 0 Å². The second-order valence-corrected chi connectivity index (χ2v) is 8.58. The Bertz CT molecular complexity index is 647. The number of ether oxygens (including phenoxy) is 1. The van der Waals surface area contributed by atoms with Crippen LogP contribution in [-0.2, 0) is 19.1 Å². The lowest BCUT2D eigenvalue weighted by Gasteiger charge is -2.17. The second-order valence-electron chi connectivity index (χ2n) is 8.58. The average molecular weight is 400 g/mol. The van der Waals surface area contributed by atoms with Crippen molar-refractivity contribution in [1.29, 1.82) is 0 Å². The van der Waals surface area contributed by atoms with E-state index in [9.17, 15) is 14.4 Å². The van der Waals surface area contributed by atoms with Gasteiger partial charge in [0, 0.05) is 13.0 Å². The number of amides is 2. The molecular formula is C24H33NO4. The number of likely N-dealkylation sites (tertiary alicyclic amines) is 1. The highest BCUT2D eigenvalue weighted by Gasteiger charge is 2.58. The first-order valence-electron chi connectivity index (χ1n) is 11.3. The third-order valence-corrected chi connectivity index (χ3v) is 6.57. The SMILES string of the molecule is C#CCCC(=O)OCCCCCCCCCCN1C(=O)[C@@H]2[C@H](C1=O)[C@H]1C=C[C@@H]2C1. The molecule has 4 atom stereocenters. The lowest BCUT2D eigenvalue weighted by molar-refractivity contribution is -0.144. The van der Waals surface area contributed by atoms with Crippen LogP contribution in [0.2, 0.25) is 0 Å². The van der Waals surface area contributed by atoms with Crippen molar-refractivity contribution in [3.05, 3.63) is 12.2 Å². The Morgan fingerprint density at radius 1 is 0.966 bits per heavy atom. The van der Waals surface area contributed by atoms with Crippen LogP contribution in [0.25, 0.3) is 0 Å². The van der Waals surface area contributed by atoms with E-state index in [0.29, 0.717) is 37.8 Å². The summed E-state index contributed by atoms with van der Waals surface area (Å²) in [6, 6.07) is 0. The van der Waals surface area contributed by atoms with Crippen LogP contribution in [0.15, 0.2) is 12.2 Å². The van der Waals surface area contributed by atoms with Gasteiger partial charge in [-0.2, -0.15) is 0 Å². The van der Waals surface area contributed by atoms with E-state index in [1.807, 2.05) is 0 Å². The number of nitrogens with zero attached hydrogens (tertiary/aromatic N) is 1. The number of hydrogen-bond acceptors (Lipinski definition) is 4. The molecule has 1 aliphatic heterocycles. The quantitative estimate of drug-likeness (QED) is 0.155. The van der Waals surface area contributed by atoms with Gasteiger partial charge in [0.15, 0.2) is 0 Å². The van der Waals surface area contributed by atoms with Crippen LogP contribution in [0.1, 0.15) is 70.6 Å². The van der Waals surface area contributed by atoms with Crippen LogP contribution in [0.4, 0.5) is 0 Å². The lowest BCUT2D eigenvalue weighted by atomic mass is 9.85. The number of allylic oxidation sites excluding steroid dienone is 2. The van der Waals surface area contributed by atoms with Gasteiger partial charge in [-0.1, -0.05) is 50.7 Å². The minimum Gasteiger partial charge on any atom is -0.466 e. The predicted octanol–water partition coefficient (Wildman–Crippen LogP) is 3.87. The van der Waals surface area contributed by atoms with E-state index in [0.717, 1.165) is 44.9 Å². The van der Waals surface area contributed by atoms with Gasteiger partial charge in [0.05, 0.1) is 24.9 Å². The number of carbonyl (C=O) groups is 3. The topological polar surface area (TPSA) is 63.7 Å². The minimum absolute atomic E-state index is 0.0610. The molecule has 0 aromatic carbocycles. The van der Waals surface area contributed by atoms with Crippen molar-refractivity contribution in [2.24, 2.45) is 23.7 Å². The summed E-state index contributed by atoms with van der Waals surface area (Å²) < 4.78 is 5.12.